The maximum Gasteiger partial charge on any atom is 0.248 e. The number of carbonyl (C=O) groups excluding carboxylic acids is 1. The van der Waals surface area contributed by atoms with E-state index in [-0.39, 0.29) is 18.4 Å². The molecule has 2 atom stereocenters. The molecule has 0 radical (unpaired) electrons. The molecule has 2 aliphatic rings. The number of aliphatic hydroxyl groups is 1. The van der Waals surface area contributed by atoms with Gasteiger partial charge in [-0.2, -0.15) is 0 Å². The van der Waals surface area contributed by atoms with E-state index in [1.165, 1.54) is 7.11 Å². The number of hydrogen-bond donors (Lipinski definition) is 1. The molecule has 1 amide bonds. The first kappa shape index (κ1) is 19.5. The first-order chi connectivity index (χ1) is 12.5. The van der Waals surface area contributed by atoms with Crippen LogP contribution in [-0.2, 0) is 16.1 Å². The predicted octanol–water partition coefficient (Wildman–Crippen LogP) is 1.02. The third-order valence-corrected chi connectivity index (χ3v) is 6.09. The molecule has 26 heavy (non-hydrogen) atoms. The highest BCUT2D eigenvalue weighted by Crippen LogP contribution is 2.35. The fourth-order valence-electron chi connectivity index (χ4n) is 3.84. The van der Waals surface area contributed by atoms with Crippen LogP contribution in [0, 0.1) is 5.92 Å². The van der Waals surface area contributed by atoms with Crippen molar-refractivity contribution in [2.45, 2.75) is 37.1 Å². The number of thioether (sulfide) groups is 1. The number of amides is 1. The molecule has 7 nitrogen and oxygen atoms in total. The second-order valence-corrected chi connectivity index (χ2v) is 8.35. The van der Waals surface area contributed by atoms with E-state index in [2.05, 4.69) is 21.8 Å². The fourth-order valence-corrected chi connectivity index (χ4v) is 4.36. The molecule has 144 valence electrons. The second kappa shape index (κ2) is 8.65. The largest absolute Gasteiger partial charge is 0.389 e. The van der Waals surface area contributed by atoms with E-state index in [4.69, 9.17) is 4.74 Å². The van der Waals surface area contributed by atoms with Gasteiger partial charge in [-0.3, -0.25) is 9.69 Å². The van der Waals surface area contributed by atoms with Crippen LogP contribution >= 0.6 is 11.8 Å². The molecule has 0 bridgehead atoms. The molecule has 2 fully saturated rings. The number of hydrogen-bond acceptors (Lipinski definition) is 7. The summed E-state index contributed by atoms with van der Waals surface area (Å²) in [5.74, 6) is 1.04. The topological polar surface area (TPSA) is 78.8 Å². The SMILES string of the molecule is CCSc1ncc(CN2CC[C@@]3(O)CCN(C(=O)COC)C[C@H]3C2)cn1. The lowest BCUT2D eigenvalue weighted by atomic mass is 9.75. The molecule has 3 rings (SSSR count). The summed E-state index contributed by atoms with van der Waals surface area (Å²) in [6.07, 6.45) is 5.17. The Bertz CT molecular complexity index is 615. The number of nitrogens with zero attached hydrogens (tertiary/aromatic N) is 4. The van der Waals surface area contributed by atoms with Gasteiger partial charge in [0.05, 0.1) is 5.60 Å². The number of aromatic nitrogens is 2. The lowest BCUT2D eigenvalue weighted by molar-refractivity contribution is -0.150. The Morgan fingerprint density at radius 3 is 2.77 bits per heavy atom. The zero-order valence-corrected chi connectivity index (χ0v) is 16.4. The minimum absolute atomic E-state index is 0.00378. The van der Waals surface area contributed by atoms with E-state index in [9.17, 15) is 9.90 Å². The average molecular weight is 381 g/mol. The van der Waals surface area contributed by atoms with Crippen LogP contribution in [-0.4, -0.2) is 82.0 Å². The maximum absolute atomic E-state index is 12.1. The van der Waals surface area contributed by atoms with Crippen LogP contribution in [0.2, 0.25) is 0 Å². The van der Waals surface area contributed by atoms with Crippen molar-refractivity contribution in [1.82, 2.24) is 19.8 Å². The molecule has 3 heterocycles. The van der Waals surface area contributed by atoms with E-state index >= 15 is 0 Å². The van der Waals surface area contributed by atoms with Crippen molar-refractivity contribution in [3.63, 3.8) is 0 Å². The summed E-state index contributed by atoms with van der Waals surface area (Å²) in [6, 6.07) is 0. The number of piperidine rings is 2. The lowest BCUT2D eigenvalue weighted by Crippen LogP contribution is -2.60. The molecule has 1 aromatic heterocycles. The average Bonchev–Trinajstić information content (AvgIpc) is 2.63. The van der Waals surface area contributed by atoms with Gasteiger partial charge in [0.25, 0.3) is 0 Å². The van der Waals surface area contributed by atoms with Crippen molar-refractivity contribution in [3.8, 4) is 0 Å². The number of ether oxygens (including phenoxy) is 1. The van der Waals surface area contributed by atoms with Gasteiger partial charge in [-0.15, -0.1) is 0 Å². The third kappa shape index (κ3) is 4.54. The Morgan fingerprint density at radius 1 is 1.35 bits per heavy atom. The molecule has 0 spiro atoms. The van der Waals surface area contributed by atoms with Crippen molar-refractivity contribution < 1.29 is 14.6 Å². The van der Waals surface area contributed by atoms with Gasteiger partial charge in [0.15, 0.2) is 5.16 Å². The molecular formula is C18H28N4O3S. The molecule has 0 aliphatic carbocycles. The molecule has 2 saturated heterocycles. The molecule has 0 unspecified atom stereocenters. The zero-order chi connectivity index (χ0) is 18.6. The molecular weight excluding hydrogens is 352 g/mol. The van der Waals surface area contributed by atoms with Crippen molar-refractivity contribution in [2.24, 2.45) is 5.92 Å². The van der Waals surface area contributed by atoms with E-state index in [0.29, 0.717) is 19.5 Å². The van der Waals surface area contributed by atoms with Crippen molar-refractivity contribution in [3.05, 3.63) is 18.0 Å². The highest BCUT2D eigenvalue weighted by Gasteiger charge is 2.45. The molecule has 1 N–H and O–H groups in total. The molecule has 8 heteroatoms. The summed E-state index contributed by atoms with van der Waals surface area (Å²) in [5, 5.41) is 11.8. The molecule has 0 saturated carbocycles. The van der Waals surface area contributed by atoms with Crippen LogP contribution in [0.15, 0.2) is 17.6 Å². The minimum Gasteiger partial charge on any atom is -0.389 e. The van der Waals surface area contributed by atoms with Crippen molar-refractivity contribution in [2.75, 3.05) is 45.6 Å². The van der Waals surface area contributed by atoms with Gasteiger partial charge < -0.3 is 14.7 Å². The predicted molar refractivity (Wildman–Crippen MR) is 99.8 cm³/mol. The number of fused-ring (bicyclic) bond motifs is 1. The van der Waals surface area contributed by atoms with E-state index in [1.807, 2.05) is 17.3 Å². The second-order valence-electron chi connectivity index (χ2n) is 7.12. The van der Waals surface area contributed by atoms with Crippen LogP contribution in [0.4, 0.5) is 0 Å². The summed E-state index contributed by atoms with van der Waals surface area (Å²) in [6.45, 7) is 5.80. The zero-order valence-electron chi connectivity index (χ0n) is 15.6. The number of likely N-dealkylation sites (tertiary alicyclic amines) is 2. The van der Waals surface area contributed by atoms with Crippen LogP contribution in [0.5, 0.6) is 0 Å². The third-order valence-electron chi connectivity index (χ3n) is 5.34. The van der Waals surface area contributed by atoms with Gasteiger partial charge >= 0.3 is 0 Å². The van der Waals surface area contributed by atoms with Crippen LogP contribution in [0.1, 0.15) is 25.3 Å². The van der Waals surface area contributed by atoms with Crippen molar-refractivity contribution in [1.29, 1.82) is 0 Å². The Hall–Kier alpha value is -1.22. The normalized spacial score (nSPS) is 26.6. The maximum atomic E-state index is 12.1. The Labute approximate surface area is 159 Å². The van der Waals surface area contributed by atoms with E-state index in [1.54, 1.807) is 11.8 Å². The fraction of sp³-hybridized carbons (Fsp3) is 0.722. The van der Waals surface area contributed by atoms with E-state index < -0.39 is 5.60 Å². The highest BCUT2D eigenvalue weighted by molar-refractivity contribution is 7.99. The minimum atomic E-state index is -0.654. The summed E-state index contributed by atoms with van der Waals surface area (Å²) in [4.78, 5) is 25.1. The standard InChI is InChI=1S/C18H28N4O3S/c1-3-26-17-19-8-14(9-20-17)10-21-6-4-18(24)5-7-22(12-15(18)11-21)16(23)13-25-2/h8-9,15,24H,3-7,10-13H2,1-2H3/t15-,18-/m1/s1. The molecule has 2 aliphatic heterocycles. The van der Waals surface area contributed by atoms with E-state index in [0.717, 1.165) is 42.5 Å². The number of carbonyl (C=O) groups is 1. The smallest absolute Gasteiger partial charge is 0.248 e. The summed E-state index contributed by atoms with van der Waals surface area (Å²) < 4.78 is 4.97. The van der Waals surface area contributed by atoms with Gasteiger partial charge in [-0.05, 0) is 18.6 Å². The van der Waals surface area contributed by atoms with Gasteiger partial charge in [0, 0.05) is 63.7 Å². The Balaban J connectivity index is 1.59. The van der Waals surface area contributed by atoms with Crippen LogP contribution < -0.4 is 0 Å². The lowest BCUT2D eigenvalue weighted by Gasteiger charge is -2.50. The monoisotopic (exact) mass is 380 g/mol. The van der Waals surface area contributed by atoms with Gasteiger partial charge in [-0.25, -0.2) is 9.97 Å². The van der Waals surface area contributed by atoms with Gasteiger partial charge in [0.2, 0.25) is 5.91 Å². The van der Waals surface area contributed by atoms with Gasteiger partial charge in [0.1, 0.15) is 6.61 Å². The summed E-state index contributed by atoms with van der Waals surface area (Å²) >= 11 is 1.63. The summed E-state index contributed by atoms with van der Waals surface area (Å²) in [7, 11) is 1.53. The first-order valence-electron chi connectivity index (χ1n) is 9.19. The Morgan fingerprint density at radius 2 is 2.08 bits per heavy atom. The van der Waals surface area contributed by atoms with Crippen molar-refractivity contribution >= 4 is 17.7 Å². The van der Waals surface area contributed by atoms with Crippen LogP contribution in [0.3, 0.4) is 0 Å². The quantitative estimate of drug-likeness (QED) is 0.583. The molecule has 0 aromatic carbocycles. The summed E-state index contributed by atoms with van der Waals surface area (Å²) in [5.41, 5.74) is 0.428. The number of rotatable bonds is 6. The number of methoxy groups -OCH3 is 1. The highest BCUT2D eigenvalue weighted by atomic mass is 32.2. The molecule has 1 aromatic rings. The van der Waals surface area contributed by atoms with Gasteiger partial charge in [-0.1, -0.05) is 18.7 Å². The Kier molecular flexibility index (Phi) is 6.50. The first-order valence-corrected chi connectivity index (χ1v) is 10.2. The van der Waals surface area contributed by atoms with Crippen LogP contribution in [0.25, 0.3) is 0 Å².